The fraction of sp³-hybridized carbons (Fsp3) is 0.857. The summed E-state index contributed by atoms with van der Waals surface area (Å²) < 4.78 is 0. The van der Waals surface area contributed by atoms with Crippen molar-refractivity contribution in [3.63, 3.8) is 0 Å². The number of rotatable bonds is 4. The first-order chi connectivity index (χ1) is 8.71. The highest BCUT2D eigenvalue weighted by Crippen LogP contribution is 2.20. The van der Waals surface area contributed by atoms with Crippen LogP contribution in [-0.4, -0.2) is 47.6 Å². The summed E-state index contributed by atoms with van der Waals surface area (Å²) in [4.78, 5) is 25.4. The molecule has 1 fully saturated rings. The smallest absolute Gasteiger partial charge is 0.225 e. The van der Waals surface area contributed by atoms with Gasteiger partial charge < -0.3 is 15.3 Å². The minimum absolute atomic E-state index is 0.0384. The van der Waals surface area contributed by atoms with Crippen LogP contribution >= 0.6 is 0 Å². The molecule has 19 heavy (non-hydrogen) atoms. The van der Waals surface area contributed by atoms with Crippen LogP contribution in [0.15, 0.2) is 0 Å². The lowest BCUT2D eigenvalue weighted by Gasteiger charge is -2.20. The number of carbonyl (C=O) groups is 2. The summed E-state index contributed by atoms with van der Waals surface area (Å²) in [7, 11) is 0. The summed E-state index contributed by atoms with van der Waals surface area (Å²) in [5.74, 6) is 0.203. The van der Waals surface area contributed by atoms with Gasteiger partial charge in [-0.3, -0.25) is 9.59 Å². The van der Waals surface area contributed by atoms with E-state index in [1.165, 1.54) is 0 Å². The number of hydrogen-bond donors (Lipinski definition) is 2. The summed E-state index contributed by atoms with van der Waals surface area (Å²) in [5, 5.41) is 12.3. The van der Waals surface area contributed by atoms with Crippen molar-refractivity contribution in [2.24, 2.45) is 11.3 Å². The standard InChI is InChI=1S/C14H26N2O3/c1-10(17)11-6-8-16(9-11)12(18)5-7-15-13(19)14(2,3)4/h10-11,17H,5-9H2,1-4H3,(H,15,19). The van der Waals surface area contributed by atoms with Crippen molar-refractivity contribution < 1.29 is 14.7 Å². The summed E-state index contributed by atoms with van der Waals surface area (Å²) in [6.45, 7) is 9.02. The molecule has 1 heterocycles. The molecule has 2 N–H and O–H groups in total. The minimum Gasteiger partial charge on any atom is -0.393 e. The van der Waals surface area contributed by atoms with Gasteiger partial charge >= 0.3 is 0 Å². The highest BCUT2D eigenvalue weighted by Gasteiger charge is 2.29. The Hall–Kier alpha value is -1.10. The van der Waals surface area contributed by atoms with Crippen molar-refractivity contribution in [3.05, 3.63) is 0 Å². The van der Waals surface area contributed by atoms with Crippen LogP contribution in [0, 0.1) is 11.3 Å². The lowest BCUT2D eigenvalue weighted by atomic mass is 9.96. The maximum atomic E-state index is 11.9. The third-order valence-corrected chi connectivity index (χ3v) is 3.57. The van der Waals surface area contributed by atoms with Crippen LogP contribution in [0.1, 0.15) is 40.5 Å². The Labute approximate surface area is 115 Å². The first kappa shape index (κ1) is 16.0. The zero-order valence-corrected chi connectivity index (χ0v) is 12.4. The van der Waals surface area contributed by atoms with Crippen LogP contribution in [0.2, 0.25) is 0 Å². The molecule has 2 amide bonds. The molecule has 5 nitrogen and oxygen atoms in total. The van der Waals surface area contributed by atoms with E-state index in [1.54, 1.807) is 11.8 Å². The Morgan fingerprint density at radius 1 is 1.42 bits per heavy atom. The van der Waals surface area contributed by atoms with Gasteiger partial charge in [-0.2, -0.15) is 0 Å². The number of nitrogens with zero attached hydrogens (tertiary/aromatic N) is 1. The van der Waals surface area contributed by atoms with Gasteiger partial charge in [0.15, 0.2) is 0 Å². The Morgan fingerprint density at radius 3 is 2.53 bits per heavy atom. The lowest BCUT2D eigenvalue weighted by molar-refractivity contribution is -0.131. The second-order valence-corrected chi connectivity index (χ2v) is 6.39. The first-order valence-electron chi connectivity index (χ1n) is 6.96. The Kier molecular flexibility index (Phi) is 5.35. The van der Waals surface area contributed by atoms with Crippen LogP contribution in [0.25, 0.3) is 0 Å². The van der Waals surface area contributed by atoms with Crippen LogP contribution in [0.3, 0.4) is 0 Å². The third kappa shape index (κ3) is 4.82. The van der Waals surface area contributed by atoms with Crippen molar-refractivity contribution in [2.45, 2.75) is 46.6 Å². The van der Waals surface area contributed by atoms with Crippen molar-refractivity contribution in [2.75, 3.05) is 19.6 Å². The van der Waals surface area contributed by atoms with Crippen molar-refractivity contribution in [1.82, 2.24) is 10.2 Å². The van der Waals surface area contributed by atoms with E-state index >= 15 is 0 Å². The van der Waals surface area contributed by atoms with Gasteiger partial charge in [0.1, 0.15) is 0 Å². The predicted molar refractivity (Wildman–Crippen MR) is 73.4 cm³/mol. The van der Waals surface area contributed by atoms with Crippen LogP contribution in [0.4, 0.5) is 0 Å². The van der Waals surface area contributed by atoms with E-state index < -0.39 is 5.41 Å². The summed E-state index contributed by atoms with van der Waals surface area (Å²) in [6.07, 6.45) is 0.824. The molecule has 0 radical (unpaired) electrons. The second kappa shape index (κ2) is 6.37. The van der Waals surface area contributed by atoms with Gasteiger partial charge in [-0.05, 0) is 13.3 Å². The largest absolute Gasteiger partial charge is 0.393 e. The summed E-state index contributed by atoms with van der Waals surface area (Å²) in [6, 6.07) is 0. The maximum absolute atomic E-state index is 11.9. The number of carbonyl (C=O) groups excluding carboxylic acids is 2. The predicted octanol–water partition coefficient (Wildman–Crippen LogP) is 0.768. The number of nitrogens with one attached hydrogen (secondary N) is 1. The molecule has 0 aromatic heterocycles. The first-order valence-corrected chi connectivity index (χ1v) is 6.96. The lowest BCUT2D eigenvalue weighted by Crippen LogP contribution is -2.38. The quantitative estimate of drug-likeness (QED) is 0.792. The molecule has 110 valence electrons. The van der Waals surface area contributed by atoms with Gasteiger partial charge in [0.05, 0.1) is 6.10 Å². The molecular formula is C14H26N2O3. The second-order valence-electron chi connectivity index (χ2n) is 6.39. The molecule has 0 spiro atoms. The molecule has 0 aromatic carbocycles. The monoisotopic (exact) mass is 270 g/mol. The van der Waals surface area contributed by atoms with Crippen molar-refractivity contribution in [1.29, 1.82) is 0 Å². The van der Waals surface area contributed by atoms with Gasteiger partial charge in [0, 0.05) is 37.4 Å². The van der Waals surface area contributed by atoms with Crippen LogP contribution in [-0.2, 0) is 9.59 Å². The van der Waals surface area contributed by atoms with Gasteiger partial charge in [-0.25, -0.2) is 0 Å². The highest BCUT2D eigenvalue weighted by molar-refractivity contribution is 5.82. The molecule has 2 unspecified atom stereocenters. The third-order valence-electron chi connectivity index (χ3n) is 3.57. The van der Waals surface area contributed by atoms with E-state index in [4.69, 9.17) is 0 Å². The molecule has 1 saturated heterocycles. The fourth-order valence-electron chi connectivity index (χ4n) is 2.11. The van der Waals surface area contributed by atoms with E-state index in [1.807, 2.05) is 20.8 Å². The normalized spacial score (nSPS) is 21.3. The molecule has 1 aliphatic heterocycles. The summed E-state index contributed by atoms with van der Waals surface area (Å²) >= 11 is 0. The molecule has 0 aromatic rings. The van der Waals surface area contributed by atoms with Crippen LogP contribution in [0.5, 0.6) is 0 Å². The summed E-state index contributed by atoms with van der Waals surface area (Å²) in [5.41, 5.74) is -0.423. The van der Waals surface area contributed by atoms with Gasteiger partial charge in [-0.1, -0.05) is 20.8 Å². The van der Waals surface area contributed by atoms with Crippen LogP contribution < -0.4 is 5.32 Å². The zero-order valence-electron chi connectivity index (χ0n) is 12.4. The molecule has 0 bridgehead atoms. The van der Waals surface area contributed by atoms with Gasteiger partial charge in [0.2, 0.25) is 11.8 Å². The van der Waals surface area contributed by atoms with E-state index in [9.17, 15) is 14.7 Å². The highest BCUT2D eigenvalue weighted by atomic mass is 16.3. The zero-order chi connectivity index (χ0) is 14.6. The van der Waals surface area contributed by atoms with Crippen molar-refractivity contribution >= 4 is 11.8 Å². The molecule has 0 aliphatic carbocycles. The average Bonchev–Trinajstić information content (AvgIpc) is 2.76. The Morgan fingerprint density at radius 2 is 2.05 bits per heavy atom. The van der Waals surface area contributed by atoms with E-state index in [0.29, 0.717) is 26.1 Å². The molecule has 5 heteroatoms. The van der Waals surface area contributed by atoms with Crippen molar-refractivity contribution in [3.8, 4) is 0 Å². The number of aliphatic hydroxyl groups is 1. The maximum Gasteiger partial charge on any atom is 0.225 e. The molecule has 1 rings (SSSR count). The van der Waals surface area contributed by atoms with E-state index in [-0.39, 0.29) is 23.8 Å². The molecular weight excluding hydrogens is 244 g/mol. The number of hydrogen-bond acceptors (Lipinski definition) is 3. The Balaban J connectivity index is 2.28. The van der Waals surface area contributed by atoms with Gasteiger partial charge in [-0.15, -0.1) is 0 Å². The number of amides is 2. The van der Waals surface area contributed by atoms with E-state index in [0.717, 1.165) is 6.42 Å². The van der Waals surface area contributed by atoms with E-state index in [2.05, 4.69) is 5.32 Å². The topological polar surface area (TPSA) is 69.6 Å². The molecule has 1 aliphatic rings. The number of aliphatic hydroxyl groups excluding tert-OH is 1. The molecule has 2 atom stereocenters. The van der Waals surface area contributed by atoms with Gasteiger partial charge in [0.25, 0.3) is 0 Å². The SMILES string of the molecule is CC(O)C1CCN(C(=O)CCNC(=O)C(C)(C)C)C1. The Bertz CT molecular complexity index is 334. The fourth-order valence-corrected chi connectivity index (χ4v) is 2.11. The minimum atomic E-state index is -0.423. The average molecular weight is 270 g/mol. The number of likely N-dealkylation sites (tertiary alicyclic amines) is 1. The molecule has 0 saturated carbocycles.